The predicted molar refractivity (Wildman–Crippen MR) is 82.8 cm³/mol. The SMILES string of the molecule is Cc1ccc(Cn2c(SCC(=O)O)nnc2C(C)C)cc1. The van der Waals surface area contributed by atoms with Crippen LogP contribution in [0.15, 0.2) is 29.4 Å². The molecule has 2 rings (SSSR count). The van der Waals surface area contributed by atoms with Crippen LogP contribution in [0.25, 0.3) is 0 Å². The number of hydrogen-bond donors (Lipinski definition) is 1. The van der Waals surface area contributed by atoms with E-state index in [1.54, 1.807) is 0 Å². The van der Waals surface area contributed by atoms with Gasteiger partial charge in [0.1, 0.15) is 5.82 Å². The van der Waals surface area contributed by atoms with Gasteiger partial charge in [0.05, 0.1) is 12.3 Å². The number of thioether (sulfide) groups is 1. The van der Waals surface area contributed by atoms with E-state index in [1.165, 1.54) is 17.3 Å². The monoisotopic (exact) mass is 305 g/mol. The van der Waals surface area contributed by atoms with Crippen LogP contribution in [0.1, 0.15) is 36.7 Å². The highest BCUT2D eigenvalue weighted by molar-refractivity contribution is 7.99. The first kappa shape index (κ1) is 15.6. The average Bonchev–Trinajstić information content (AvgIpc) is 2.82. The van der Waals surface area contributed by atoms with E-state index in [2.05, 4.69) is 55.2 Å². The summed E-state index contributed by atoms with van der Waals surface area (Å²) in [7, 11) is 0. The fourth-order valence-corrected chi connectivity index (χ4v) is 2.65. The van der Waals surface area contributed by atoms with Crippen LogP contribution in [0.2, 0.25) is 0 Å². The normalized spacial score (nSPS) is 11.0. The number of carbonyl (C=O) groups is 1. The van der Waals surface area contributed by atoms with Gasteiger partial charge in [-0.2, -0.15) is 0 Å². The van der Waals surface area contributed by atoms with Crippen molar-refractivity contribution < 1.29 is 9.90 Å². The van der Waals surface area contributed by atoms with Crippen molar-refractivity contribution in [2.75, 3.05) is 5.75 Å². The summed E-state index contributed by atoms with van der Waals surface area (Å²) in [4.78, 5) is 10.7. The molecule has 5 nitrogen and oxygen atoms in total. The lowest BCUT2D eigenvalue weighted by atomic mass is 10.1. The van der Waals surface area contributed by atoms with E-state index in [9.17, 15) is 4.79 Å². The van der Waals surface area contributed by atoms with Crippen molar-refractivity contribution in [2.45, 2.75) is 38.4 Å². The maximum atomic E-state index is 10.7. The van der Waals surface area contributed by atoms with Gasteiger partial charge in [0, 0.05) is 5.92 Å². The molecule has 0 saturated heterocycles. The van der Waals surface area contributed by atoms with E-state index in [1.807, 2.05) is 4.57 Å². The first-order valence-corrected chi connectivity index (χ1v) is 7.79. The van der Waals surface area contributed by atoms with Crippen molar-refractivity contribution in [1.82, 2.24) is 14.8 Å². The lowest BCUT2D eigenvalue weighted by Crippen LogP contribution is -2.09. The molecule has 6 heteroatoms. The van der Waals surface area contributed by atoms with E-state index in [0.29, 0.717) is 11.7 Å². The van der Waals surface area contributed by atoms with Gasteiger partial charge in [0.25, 0.3) is 0 Å². The lowest BCUT2D eigenvalue weighted by molar-refractivity contribution is -0.133. The Morgan fingerprint density at radius 2 is 1.95 bits per heavy atom. The second kappa shape index (κ2) is 6.76. The van der Waals surface area contributed by atoms with Gasteiger partial charge in [-0.05, 0) is 12.5 Å². The second-order valence-corrected chi connectivity index (χ2v) is 6.19. The summed E-state index contributed by atoms with van der Waals surface area (Å²) in [5.41, 5.74) is 2.37. The Morgan fingerprint density at radius 3 is 2.52 bits per heavy atom. The van der Waals surface area contributed by atoms with Gasteiger partial charge in [-0.15, -0.1) is 10.2 Å². The van der Waals surface area contributed by atoms with Crippen molar-refractivity contribution in [1.29, 1.82) is 0 Å². The van der Waals surface area contributed by atoms with Gasteiger partial charge in [0.2, 0.25) is 0 Å². The highest BCUT2D eigenvalue weighted by Crippen LogP contribution is 2.22. The quantitative estimate of drug-likeness (QED) is 0.831. The zero-order valence-electron chi connectivity index (χ0n) is 12.4. The van der Waals surface area contributed by atoms with Crippen LogP contribution in [-0.4, -0.2) is 31.6 Å². The van der Waals surface area contributed by atoms with Crippen molar-refractivity contribution in [3.63, 3.8) is 0 Å². The van der Waals surface area contributed by atoms with Crippen LogP contribution >= 0.6 is 11.8 Å². The number of carboxylic acids is 1. The zero-order chi connectivity index (χ0) is 15.4. The van der Waals surface area contributed by atoms with Crippen molar-refractivity contribution in [2.24, 2.45) is 0 Å². The summed E-state index contributed by atoms with van der Waals surface area (Å²) in [5, 5.41) is 17.8. The first-order valence-electron chi connectivity index (χ1n) is 6.80. The van der Waals surface area contributed by atoms with Gasteiger partial charge in [0.15, 0.2) is 5.16 Å². The van der Waals surface area contributed by atoms with Gasteiger partial charge >= 0.3 is 5.97 Å². The Kier molecular flexibility index (Phi) is 5.01. The summed E-state index contributed by atoms with van der Waals surface area (Å²) in [6.45, 7) is 6.82. The van der Waals surface area contributed by atoms with Gasteiger partial charge in [-0.25, -0.2) is 0 Å². The van der Waals surface area contributed by atoms with Crippen LogP contribution in [0.4, 0.5) is 0 Å². The third kappa shape index (κ3) is 4.07. The molecular weight excluding hydrogens is 286 g/mol. The summed E-state index contributed by atoms with van der Waals surface area (Å²) < 4.78 is 2.00. The van der Waals surface area contributed by atoms with Crippen LogP contribution in [0, 0.1) is 6.92 Å². The molecule has 1 N–H and O–H groups in total. The molecule has 1 heterocycles. The molecule has 0 spiro atoms. The van der Waals surface area contributed by atoms with Crippen molar-refractivity contribution >= 4 is 17.7 Å². The number of aryl methyl sites for hydroxylation is 1. The molecule has 0 unspecified atom stereocenters. The van der Waals surface area contributed by atoms with Gasteiger partial charge < -0.3 is 9.67 Å². The molecule has 112 valence electrons. The predicted octanol–water partition coefficient (Wildman–Crippen LogP) is 2.93. The van der Waals surface area contributed by atoms with Crippen molar-refractivity contribution in [3.05, 3.63) is 41.2 Å². The molecule has 0 aliphatic rings. The Morgan fingerprint density at radius 1 is 1.29 bits per heavy atom. The fraction of sp³-hybridized carbons (Fsp3) is 0.400. The molecule has 2 aromatic rings. The fourth-order valence-electron chi connectivity index (χ4n) is 1.98. The Labute approximate surface area is 128 Å². The molecule has 0 aliphatic carbocycles. The smallest absolute Gasteiger partial charge is 0.313 e. The van der Waals surface area contributed by atoms with Crippen molar-refractivity contribution in [3.8, 4) is 0 Å². The molecule has 0 radical (unpaired) electrons. The number of nitrogens with zero attached hydrogens (tertiary/aromatic N) is 3. The molecule has 0 amide bonds. The molecular formula is C15H19N3O2S. The third-order valence-electron chi connectivity index (χ3n) is 3.05. The molecule has 0 fully saturated rings. The molecule has 21 heavy (non-hydrogen) atoms. The minimum absolute atomic E-state index is 0.00980. The molecule has 0 bridgehead atoms. The summed E-state index contributed by atoms with van der Waals surface area (Å²) in [6, 6.07) is 8.29. The van der Waals surface area contributed by atoms with E-state index >= 15 is 0 Å². The number of benzene rings is 1. The minimum Gasteiger partial charge on any atom is -0.481 e. The number of aromatic nitrogens is 3. The Hall–Kier alpha value is -1.82. The molecule has 1 aromatic carbocycles. The summed E-state index contributed by atoms with van der Waals surface area (Å²) in [6.07, 6.45) is 0. The number of rotatable bonds is 6. The van der Waals surface area contributed by atoms with Gasteiger partial charge in [-0.1, -0.05) is 55.4 Å². The largest absolute Gasteiger partial charge is 0.481 e. The molecule has 0 atom stereocenters. The second-order valence-electron chi connectivity index (χ2n) is 5.25. The zero-order valence-corrected chi connectivity index (χ0v) is 13.2. The molecule has 1 aromatic heterocycles. The molecule has 0 saturated carbocycles. The Balaban J connectivity index is 2.27. The number of hydrogen-bond acceptors (Lipinski definition) is 4. The lowest BCUT2D eigenvalue weighted by Gasteiger charge is -2.12. The number of carboxylic acid groups (broad SMARTS) is 1. The van der Waals surface area contributed by atoms with E-state index in [0.717, 1.165) is 11.4 Å². The number of aliphatic carboxylic acids is 1. The third-order valence-corrected chi connectivity index (χ3v) is 4.00. The van der Waals surface area contributed by atoms with Crippen LogP contribution in [0.5, 0.6) is 0 Å². The van der Waals surface area contributed by atoms with Crippen LogP contribution in [0.3, 0.4) is 0 Å². The highest BCUT2D eigenvalue weighted by Gasteiger charge is 2.16. The van der Waals surface area contributed by atoms with Crippen LogP contribution in [-0.2, 0) is 11.3 Å². The highest BCUT2D eigenvalue weighted by atomic mass is 32.2. The van der Waals surface area contributed by atoms with Gasteiger partial charge in [-0.3, -0.25) is 4.79 Å². The summed E-state index contributed by atoms with van der Waals surface area (Å²) in [5.74, 6) is 0.256. The topological polar surface area (TPSA) is 68.0 Å². The maximum absolute atomic E-state index is 10.7. The molecule has 0 aliphatic heterocycles. The summed E-state index contributed by atoms with van der Waals surface area (Å²) >= 11 is 1.21. The minimum atomic E-state index is -0.851. The van der Waals surface area contributed by atoms with E-state index in [4.69, 9.17) is 5.11 Å². The standard InChI is InChI=1S/C15H19N3O2S/c1-10(2)14-16-17-15(21-9-13(19)20)18(14)8-12-6-4-11(3)5-7-12/h4-7,10H,8-9H2,1-3H3,(H,19,20). The maximum Gasteiger partial charge on any atom is 0.313 e. The van der Waals surface area contributed by atoms with E-state index in [-0.39, 0.29) is 11.7 Å². The Bertz CT molecular complexity index is 620. The van der Waals surface area contributed by atoms with E-state index < -0.39 is 5.97 Å². The first-order chi connectivity index (χ1) is 9.97. The average molecular weight is 305 g/mol. The van der Waals surface area contributed by atoms with Crippen LogP contribution < -0.4 is 0 Å².